The lowest BCUT2D eigenvalue weighted by Gasteiger charge is -2.10. The van der Waals surface area contributed by atoms with Crippen LogP contribution in [0.25, 0.3) is 0 Å². The van der Waals surface area contributed by atoms with Crippen LogP contribution in [0.15, 0.2) is 12.8 Å². The third kappa shape index (κ3) is 3.41. The Morgan fingerprint density at radius 3 is 2.71 bits per heavy atom. The summed E-state index contributed by atoms with van der Waals surface area (Å²) in [5, 5.41) is 9.54. The molecule has 0 aliphatic rings. The van der Waals surface area contributed by atoms with E-state index in [4.69, 9.17) is 0 Å². The molecule has 0 aromatic rings. The number of hydrogen-bond donors (Lipinski definition) is 2. The van der Waals surface area contributed by atoms with Crippen LogP contribution in [0.4, 0.5) is 0 Å². The minimum absolute atomic E-state index is 0.470. The van der Waals surface area contributed by atoms with Crippen LogP contribution in [0.1, 0.15) is 0 Å². The van der Waals surface area contributed by atoms with Crippen molar-refractivity contribution in [1.82, 2.24) is 5.48 Å². The Morgan fingerprint density at radius 1 is 2.00 bits per heavy atom. The summed E-state index contributed by atoms with van der Waals surface area (Å²) in [6.45, 7) is 3.16. The quantitative estimate of drug-likeness (QED) is 0.432. The lowest BCUT2D eigenvalue weighted by molar-refractivity contribution is -1.02. The lowest BCUT2D eigenvalue weighted by atomic mass is 11.1. The summed E-state index contributed by atoms with van der Waals surface area (Å²) in [5.41, 5.74) is 2.20. The van der Waals surface area contributed by atoms with Crippen LogP contribution in [0.5, 0.6) is 0 Å². The zero-order valence-electron chi connectivity index (χ0n) is 4.10. The van der Waals surface area contributed by atoms with Gasteiger partial charge >= 0.3 is 0 Å². The maximum atomic E-state index is 10.0. The average Bonchev–Trinajstić information content (AvgIpc) is 1.68. The van der Waals surface area contributed by atoms with Crippen molar-refractivity contribution in [2.75, 3.05) is 7.05 Å². The van der Waals surface area contributed by atoms with Gasteiger partial charge in [0.2, 0.25) is 0 Å². The first-order valence-corrected chi connectivity index (χ1v) is 1.81. The highest BCUT2D eigenvalue weighted by molar-refractivity contribution is 4.40. The van der Waals surface area contributed by atoms with Crippen molar-refractivity contribution in [2.45, 2.75) is 0 Å². The van der Waals surface area contributed by atoms with Gasteiger partial charge in [-0.15, -0.1) is 10.4 Å². The molecule has 0 rings (SSSR count). The highest BCUT2D eigenvalue weighted by Crippen LogP contribution is 1.38. The smallest absolute Gasteiger partial charge is 0.121 e. The zero-order valence-corrected chi connectivity index (χ0v) is 4.10. The number of hydrogen-bond acceptors (Lipinski definition) is 3. The molecule has 0 radical (unpaired) electrons. The number of rotatable bonds is 3. The molecule has 1 atom stereocenters. The molecule has 0 aliphatic carbocycles. The predicted octanol–water partition coefficient (Wildman–Crippen LogP) is -1.42. The number of hydroxylamine groups is 3. The molecule has 0 heterocycles. The van der Waals surface area contributed by atoms with E-state index >= 15 is 0 Å². The fourth-order valence-corrected chi connectivity index (χ4v) is 0.142. The molecule has 4 heteroatoms. The van der Waals surface area contributed by atoms with Crippen LogP contribution in [-0.2, 0) is 4.94 Å². The van der Waals surface area contributed by atoms with E-state index in [2.05, 4.69) is 17.0 Å². The van der Waals surface area contributed by atoms with Gasteiger partial charge in [0.05, 0.1) is 0 Å². The van der Waals surface area contributed by atoms with Gasteiger partial charge in [0.25, 0.3) is 0 Å². The van der Waals surface area contributed by atoms with Crippen molar-refractivity contribution in [1.29, 1.82) is 0 Å². The van der Waals surface area contributed by atoms with Gasteiger partial charge in [0, 0.05) is 7.05 Å². The lowest BCUT2D eigenvalue weighted by Crippen LogP contribution is -3.02. The minimum atomic E-state index is -0.470. The van der Waals surface area contributed by atoms with Gasteiger partial charge in [-0.05, 0) is 6.58 Å². The average molecular weight is 104 g/mol. The van der Waals surface area contributed by atoms with Crippen LogP contribution in [0, 0.1) is 5.21 Å². The van der Waals surface area contributed by atoms with E-state index in [0.717, 1.165) is 6.20 Å². The van der Waals surface area contributed by atoms with Crippen molar-refractivity contribution >= 4 is 0 Å². The van der Waals surface area contributed by atoms with Crippen LogP contribution in [-0.4, -0.2) is 7.05 Å². The highest BCUT2D eigenvalue weighted by Gasteiger charge is 1.80. The monoisotopic (exact) mass is 104 g/mol. The van der Waals surface area contributed by atoms with E-state index in [1.165, 1.54) is 7.05 Å². The van der Waals surface area contributed by atoms with E-state index in [1.54, 1.807) is 0 Å². The molecule has 0 aromatic carbocycles. The number of nitrogens with one attached hydrogen (secondary N) is 2. The summed E-state index contributed by atoms with van der Waals surface area (Å²) in [4.78, 5) is 4.18. The van der Waals surface area contributed by atoms with Gasteiger partial charge in [0.1, 0.15) is 6.20 Å². The summed E-state index contributed by atoms with van der Waals surface area (Å²) in [6.07, 6.45) is 1.08. The maximum absolute atomic E-state index is 10.0. The molecule has 7 heavy (non-hydrogen) atoms. The fraction of sp³-hybridized carbons (Fsp3) is 0.333. The molecule has 0 amide bonds. The summed E-state index contributed by atoms with van der Waals surface area (Å²) in [5.74, 6) is 0. The summed E-state index contributed by atoms with van der Waals surface area (Å²) in [7, 11) is 1.50. The molecular weight excluding hydrogens is 96.0 g/mol. The molecule has 0 bridgehead atoms. The zero-order chi connectivity index (χ0) is 5.70. The van der Waals surface area contributed by atoms with E-state index in [9.17, 15) is 5.21 Å². The Balaban J connectivity index is 2.98. The van der Waals surface area contributed by atoms with Crippen molar-refractivity contribution in [3.8, 4) is 0 Å². The van der Waals surface area contributed by atoms with Crippen molar-refractivity contribution < 1.29 is 10.2 Å². The highest BCUT2D eigenvalue weighted by atomic mass is 17.0. The normalized spacial score (nSPS) is 13.4. The summed E-state index contributed by atoms with van der Waals surface area (Å²) < 4.78 is 0. The predicted molar refractivity (Wildman–Crippen MR) is 24.7 cm³/mol. The Labute approximate surface area is 41.9 Å². The molecule has 1 unspecified atom stereocenters. The van der Waals surface area contributed by atoms with Crippen molar-refractivity contribution in [3.05, 3.63) is 18.0 Å². The molecule has 2 N–H and O–H groups in total. The van der Waals surface area contributed by atoms with Gasteiger partial charge in [-0.25, -0.2) is 0 Å². The van der Waals surface area contributed by atoms with Crippen LogP contribution in [0.2, 0.25) is 0 Å². The second kappa shape index (κ2) is 3.76. The van der Waals surface area contributed by atoms with Crippen LogP contribution >= 0.6 is 0 Å². The second-order valence-electron chi connectivity index (χ2n) is 0.829. The van der Waals surface area contributed by atoms with E-state index in [0.29, 0.717) is 0 Å². The van der Waals surface area contributed by atoms with E-state index in [1.807, 2.05) is 0 Å². The molecular formula is C3H8N2O2. The van der Waals surface area contributed by atoms with Gasteiger partial charge in [-0.2, -0.15) is 5.23 Å². The third-order valence-electron chi connectivity index (χ3n) is 0.369. The topological polar surface area (TPSA) is 48.8 Å². The maximum Gasteiger partial charge on any atom is 0.121 e. The Kier molecular flexibility index (Phi) is 3.53. The van der Waals surface area contributed by atoms with Gasteiger partial charge in [-0.3, -0.25) is 0 Å². The standard InChI is InChI=1S/C3H8N2O2/c1-3-5(6)7-4-2/h3-5H,1H2,2H3. The molecule has 0 saturated carbocycles. The van der Waals surface area contributed by atoms with Crippen LogP contribution < -0.4 is 10.7 Å². The largest absolute Gasteiger partial charge is 0.594 e. The van der Waals surface area contributed by atoms with Gasteiger partial charge in [0.15, 0.2) is 0 Å². The molecule has 0 aliphatic heterocycles. The van der Waals surface area contributed by atoms with E-state index in [-0.39, 0.29) is 0 Å². The molecule has 0 fully saturated rings. The number of quaternary nitrogens is 1. The second-order valence-corrected chi connectivity index (χ2v) is 0.829. The van der Waals surface area contributed by atoms with Crippen molar-refractivity contribution in [3.63, 3.8) is 0 Å². The molecule has 0 aromatic heterocycles. The summed E-state index contributed by atoms with van der Waals surface area (Å²) >= 11 is 0. The molecule has 4 nitrogen and oxygen atoms in total. The Bertz CT molecular complexity index is 56.9. The van der Waals surface area contributed by atoms with Gasteiger partial charge in [-0.1, -0.05) is 0 Å². The van der Waals surface area contributed by atoms with Gasteiger partial charge < -0.3 is 5.21 Å². The van der Waals surface area contributed by atoms with Crippen LogP contribution in [0.3, 0.4) is 0 Å². The van der Waals surface area contributed by atoms with Crippen molar-refractivity contribution in [2.24, 2.45) is 0 Å². The molecule has 0 spiro atoms. The first-order chi connectivity index (χ1) is 3.31. The van der Waals surface area contributed by atoms with E-state index < -0.39 is 5.23 Å². The fourth-order valence-electron chi connectivity index (χ4n) is 0.142. The summed E-state index contributed by atoms with van der Waals surface area (Å²) in [6, 6.07) is 0. The third-order valence-corrected chi connectivity index (χ3v) is 0.369. The first-order valence-electron chi connectivity index (χ1n) is 1.81. The Hall–Kier alpha value is -0.420. The molecule has 0 saturated heterocycles. The first kappa shape index (κ1) is 6.58. The minimum Gasteiger partial charge on any atom is -0.594 e. The molecule has 42 valence electrons. The Morgan fingerprint density at radius 2 is 2.57 bits per heavy atom. The SMILES string of the molecule is C=C[NH+]([O-])ONC.